The van der Waals surface area contributed by atoms with Crippen LogP contribution in [0.1, 0.15) is 43.5 Å². The highest BCUT2D eigenvalue weighted by Gasteiger charge is 2.20. The molecule has 3 heteroatoms. The van der Waals surface area contributed by atoms with Crippen molar-refractivity contribution in [3.8, 4) is 0 Å². The number of hydrogen-bond acceptors (Lipinski definition) is 1. The molecule has 0 fully saturated rings. The summed E-state index contributed by atoms with van der Waals surface area (Å²) in [5.74, 6) is 0.637. The van der Waals surface area contributed by atoms with Crippen LogP contribution in [0.4, 0.5) is 0 Å². The van der Waals surface area contributed by atoms with Gasteiger partial charge in [-0.15, -0.1) is 0 Å². The van der Waals surface area contributed by atoms with E-state index in [1.165, 1.54) is 29.7 Å². The Bertz CT molecular complexity index is 401. The molecular formula is C13H17BrClN. The second-order valence-electron chi connectivity index (χ2n) is 4.93. The lowest BCUT2D eigenvalue weighted by atomic mass is 9.89. The van der Waals surface area contributed by atoms with Gasteiger partial charge in [-0.05, 0) is 65.1 Å². The van der Waals surface area contributed by atoms with Gasteiger partial charge in [0.2, 0.25) is 0 Å². The molecule has 0 N–H and O–H groups in total. The SMILES string of the molecule is CC(C)Cc1c(Cl)c(Br)nc2c1CCCC2. The first kappa shape index (κ1) is 12.4. The zero-order valence-corrected chi connectivity index (χ0v) is 12.2. The first-order chi connectivity index (χ1) is 7.59. The Morgan fingerprint density at radius 3 is 2.69 bits per heavy atom. The minimum absolute atomic E-state index is 0.637. The van der Waals surface area contributed by atoms with Crippen LogP contribution in [0.15, 0.2) is 4.60 Å². The zero-order chi connectivity index (χ0) is 11.7. The lowest BCUT2D eigenvalue weighted by Gasteiger charge is -2.21. The molecule has 1 aliphatic carbocycles. The number of fused-ring (bicyclic) bond motifs is 1. The summed E-state index contributed by atoms with van der Waals surface area (Å²) < 4.78 is 0.825. The molecule has 0 bridgehead atoms. The summed E-state index contributed by atoms with van der Waals surface area (Å²) in [6, 6.07) is 0. The van der Waals surface area contributed by atoms with Crippen molar-refractivity contribution in [3.63, 3.8) is 0 Å². The number of nitrogens with zero attached hydrogens (tertiary/aromatic N) is 1. The second kappa shape index (κ2) is 5.05. The van der Waals surface area contributed by atoms with E-state index in [9.17, 15) is 0 Å². The molecule has 0 saturated heterocycles. The molecule has 0 unspecified atom stereocenters. The fourth-order valence-electron chi connectivity index (χ4n) is 2.38. The summed E-state index contributed by atoms with van der Waals surface area (Å²) in [7, 11) is 0. The molecule has 1 aliphatic rings. The Labute approximate surface area is 111 Å². The van der Waals surface area contributed by atoms with Crippen LogP contribution in [0.5, 0.6) is 0 Å². The molecule has 0 spiro atoms. The predicted molar refractivity (Wildman–Crippen MR) is 72.1 cm³/mol. The lowest BCUT2D eigenvalue weighted by molar-refractivity contribution is 0.616. The smallest absolute Gasteiger partial charge is 0.125 e. The van der Waals surface area contributed by atoms with Gasteiger partial charge in [-0.25, -0.2) is 4.98 Å². The summed E-state index contributed by atoms with van der Waals surface area (Å²) in [5, 5.41) is 0.828. The van der Waals surface area contributed by atoms with E-state index < -0.39 is 0 Å². The van der Waals surface area contributed by atoms with Gasteiger partial charge in [-0.3, -0.25) is 0 Å². The van der Waals surface area contributed by atoms with Crippen molar-refractivity contribution in [1.29, 1.82) is 0 Å². The van der Waals surface area contributed by atoms with Crippen molar-refractivity contribution in [2.24, 2.45) is 5.92 Å². The summed E-state index contributed by atoms with van der Waals surface area (Å²) in [6.45, 7) is 4.47. The van der Waals surface area contributed by atoms with Crippen LogP contribution in [0, 0.1) is 5.92 Å². The van der Waals surface area contributed by atoms with E-state index >= 15 is 0 Å². The molecule has 0 saturated carbocycles. The highest BCUT2D eigenvalue weighted by Crippen LogP contribution is 2.34. The van der Waals surface area contributed by atoms with E-state index in [0.29, 0.717) is 5.92 Å². The van der Waals surface area contributed by atoms with Gasteiger partial charge in [0, 0.05) is 5.69 Å². The first-order valence-electron chi connectivity index (χ1n) is 5.95. The van der Waals surface area contributed by atoms with Gasteiger partial charge in [0.15, 0.2) is 0 Å². The fraction of sp³-hybridized carbons (Fsp3) is 0.615. The van der Waals surface area contributed by atoms with Gasteiger partial charge >= 0.3 is 0 Å². The third kappa shape index (κ3) is 2.43. The summed E-state index contributed by atoms with van der Waals surface area (Å²) in [5.41, 5.74) is 4.01. The van der Waals surface area contributed by atoms with E-state index in [2.05, 4.69) is 34.8 Å². The maximum atomic E-state index is 6.36. The molecule has 2 rings (SSSR count). The summed E-state index contributed by atoms with van der Waals surface area (Å²) in [6.07, 6.45) is 5.85. The van der Waals surface area contributed by atoms with Crippen molar-refractivity contribution in [1.82, 2.24) is 4.98 Å². The monoisotopic (exact) mass is 301 g/mol. The van der Waals surface area contributed by atoms with Crippen LogP contribution >= 0.6 is 27.5 Å². The Morgan fingerprint density at radius 1 is 1.31 bits per heavy atom. The Kier molecular flexibility index (Phi) is 3.91. The lowest BCUT2D eigenvalue weighted by Crippen LogP contribution is -2.11. The van der Waals surface area contributed by atoms with Gasteiger partial charge < -0.3 is 0 Å². The molecule has 0 aliphatic heterocycles. The van der Waals surface area contributed by atoms with Crippen LogP contribution in [0.2, 0.25) is 5.02 Å². The molecule has 0 amide bonds. The third-order valence-corrected chi connectivity index (χ3v) is 4.30. The van der Waals surface area contributed by atoms with Gasteiger partial charge in [0.05, 0.1) is 5.02 Å². The van der Waals surface area contributed by atoms with Gasteiger partial charge in [0.1, 0.15) is 4.60 Å². The van der Waals surface area contributed by atoms with Crippen molar-refractivity contribution < 1.29 is 0 Å². The normalized spacial score (nSPS) is 15.3. The Hall–Kier alpha value is -0.0800. The molecule has 1 aromatic heterocycles. The largest absolute Gasteiger partial charge is 0.244 e. The number of halogens is 2. The van der Waals surface area contributed by atoms with Crippen LogP contribution in [-0.2, 0) is 19.3 Å². The van der Waals surface area contributed by atoms with Crippen molar-refractivity contribution in [3.05, 3.63) is 26.4 Å². The standard InChI is InChI=1S/C13H17BrClN/c1-8(2)7-10-9-5-3-4-6-11(9)16-13(14)12(10)15/h8H,3-7H2,1-2H3. The molecular weight excluding hydrogens is 286 g/mol. The molecule has 0 aromatic carbocycles. The predicted octanol–water partition coefficient (Wildman–Crippen LogP) is 4.57. The maximum absolute atomic E-state index is 6.36. The first-order valence-corrected chi connectivity index (χ1v) is 7.12. The van der Waals surface area contributed by atoms with E-state index in [-0.39, 0.29) is 0 Å². The van der Waals surface area contributed by atoms with Crippen LogP contribution in [0.3, 0.4) is 0 Å². The Morgan fingerprint density at radius 2 is 2.00 bits per heavy atom. The quantitative estimate of drug-likeness (QED) is 0.729. The van der Waals surface area contributed by atoms with Crippen molar-refractivity contribution in [2.45, 2.75) is 46.0 Å². The maximum Gasteiger partial charge on any atom is 0.125 e. The number of hydrogen-bond donors (Lipinski definition) is 0. The highest BCUT2D eigenvalue weighted by molar-refractivity contribution is 9.10. The van der Waals surface area contributed by atoms with Crippen molar-refractivity contribution >= 4 is 27.5 Å². The number of pyridine rings is 1. The minimum atomic E-state index is 0.637. The van der Waals surface area contributed by atoms with E-state index in [0.717, 1.165) is 28.9 Å². The van der Waals surface area contributed by atoms with Gasteiger partial charge in [-0.2, -0.15) is 0 Å². The van der Waals surface area contributed by atoms with Crippen LogP contribution < -0.4 is 0 Å². The average molecular weight is 303 g/mol. The third-order valence-electron chi connectivity index (χ3n) is 3.09. The molecule has 88 valence electrons. The number of aromatic nitrogens is 1. The minimum Gasteiger partial charge on any atom is -0.244 e. The molecule has 1 heterocycles. The molecule has 0 atom stereocenters. The number of aryl methyl sites for hydroxylation is 1. The second-order valence-corrected chi connectivity index (χ2v) is 6.05. The molecule has 1 aromatic rings. The van der Waals surface area contributed by atoms with Gasteiger partial charge in [0.25, 0.3) is 0 Å². The zero-order valence-electron chi connectivity index (χ0n) is 9.82. The van der Waals surface area contributed by atoms with Crippen molar-refractivity contribution in [2.75, 3.05) is 0 Å². The van der Waals surface area contributed by atoms with Gasteiger partial charge in [-0.1, -0.05) is 25.4 Å². The molecule has 0 radical (unpaired) electrons. The van der Waals surface area contributed by atoms with Crippen LogP contribution in [0.25, 0.3) is 0 Å². The number of rotatable bonds is 2. The summed E-state index contributed by atoms with van der Waals surface area (Å²) >= 11 is 9.84. The van der Waals surface area contributed by atoms with E-state index in [1.807, 2.05) is 0 Å². The topological polar surface area (TPSA) is 12.9 Å². The fourth-order valence-corrected chi connectivity index (χ4v) is 3.07. The Balaban J connectivity index is 2.50. The van der Waals surface area contributed by atoms with E-state index in [4.69, 9.17) is 11.6 Å². The van der Waals surface area contributed by atoms with E-state index in [1.54, 1.807) is 0 Å². The summed E-state index contributed by atoms with van der Waals surface area (Å²) in [4.78, 5) is 4.57. The average Bonchev–Trinajstić information content (AvgIpc) is 2.24. The van der Waals surface area contributed by atoms with Crippen LogP contribution in [-0.4, -0.2) is 4.98 Å². The molecule has 1 nitrogen and oxygen atoms in total. The highest BCUT2D eigenvalue weighted by atomic mass is 79.9. The molecule has 16 heavy (non-hydrogen) atoms.